The van der Waals surface area contributed by atoms with E-state index < -0.39 is 0 Å². The van der Waals surface area contributed by atoms with Gasteiger partial charge >= 0.3 is 0 Å². The molecule has 1 aliphatic heterocycles. The fourth-order valence-electron chi connectivity index (χ4n) is 3.83. The lowest BCUT2D eigenvalue weighted by Crippen LogP contribution is -2.38. The average molecular weight is 419 g/mol. The van der Waals surface area contributed by atoms with Crippen LogP contribution in [0.2, 0.25) is 10.0 Å². The highest BCUT2D eigenvalue weighted by Gasteiger charge is 2.26. The first-order valence-corrected chi connectivity index (χ1v) is 10.7. The van der Waals surface area contributed by atoms with Crippen LogP contribution in [0.1, 0.15) is 49.3 Å². The van der Waals surface area contributed by atoms with E-state index in [-0.39, 0.29) is 11.8 Å². The first-order valence-electron chi connectivity index (χ1n) is 9.92. The van der Waals surface area contributed by atoms with E-state index in [0.29, 0.717) is 16.0 Å². The Morgan fingerprint density at radius 2 is 1.71 bits per heavy atom. The Morgan fingerprint density at radius 3 is 2.32 bits per heavy atom. The number of para-hydroxylation sites is 1. The first kappa shape index (κ1) is 21.2. The van der Waals surface area contributed by atoms with E-state index in [9.17, 15) is 4.79 Å². The molecule has 150 valence electrons. The number of nitrogens with one attached hydrogen (secondary N) is 1. The smallest absolute Gasteiger partial charge is 0.227 e. The number of halogens is 2. The monoisotopic (exact) mass is 418 g/mol. The number of amides is 1. The molecule has 0 spiro atoms. The molecule has 1 heterocycles. The SMILES string of the molecule is Cc1cccc(C(C)C)c1NC(=O)C1CCN(Cc2c(Cl)cccc2Cl)CC1. The molecule has 0 atom stereocenters. The molecule has 1 N–H and O–H groups in total. The maximum atomic E-state index is 12.9. The maximum absolute atomic E-state index is 12.9. The summed E-state index contributed by atoms with van der Waals surface area (Å²) in [6.45, 7) is 8.82. The van der Waals surface area contributed by atoms with Crippen molar-refractivity contribution < 1.29 is 4.79 Å². The lowest BCUT2D eigenvalue weighted by atomic mass is 9.94. The predicted molar refractivity (Wildman–Crippen MR) is 118 cm³/mol. The van der Waals surface area contributed by atoms with Crippen molar-refractivity contribution in [1.29, 1.82) is 0 Å². The molecule has 2 aromatic rings. The number of hydrogen-bond donors (Lipinski definition) is 1. The molecule has 0 aromatic heterocycles. The molecular weight excluding hydrogens is 391 g/mol. The van der Waals surface area contributed by atoms with Crippen LogP contribution in [0.15, 0.2) is 36.4 Å². The van der Waals surface area contributed by atoms with Crippen LogP contribution in [0.5, 0.6) is 0 Å². The standard InChI is InChI=1S/C23H28Cl2N2O/c1-15(2)18-7-4-6-16(3)22(18)26-23(28)17-10-12-27(13-11-17)14-19-20(24)8-5-9-21(19)25/h4-9,15,17H,10-14H2,1-3H3,(H,26,28). The molecule has 1 amide bonds. The third-order valence-electron chi connectivity index (χ3n) is 5.58. The van der Waals surface area contributed by atoms with Crippen molar-refractivity contribution >= 4 is 34.8 Å². The van der Waals surface area contributed by atoms with Crippen molar-refractivity contribution in [2.45, 2.75) is 46.1 Å². The first-order chi connectivity index (χ1) is 13.4. The maximum Gasteiger partial charge on any atom is 0.227 e. The predicted octanol–water partition coefficient (Wildman–Crippen LogP) is 6.28. The van der Waals surface area contributed by atoms with E-state index in [1.54, 1.807) is 0 Å². The summed E-state index contributed by atoms with van der Waals surface area (Å²) >= 11 is 12.6. The van der Waals surface area contributed by atoms with Crippen LogP contribution >= 0.6 is 23.2 Å². The minimum absolute atomic E-state index is 0.0394. The molecule has 1 saturated heterocycles. The van der Waals surface area contributed by atoms with Gasteiger partial charge < -0.3 is 5.32 Å². The fraction of sp³-hybridized carbons (Fsp3) is 0.435. The third kappa shape index (κ3) is 4.89. The zero-order valence-corrected chi connectivity index (χ0v) is 18.3. The lowest BCUT2D eigenvalue weighted by molar-refractivity contribution is -0.121. The summed E-state index contributed by atoms with van der Waals surface area (Å²) in [7, 11) is 0. The van der Waals surface area contributed by atoms with Gasteiger partial charge in [-0.1, -0.05) is 61.3 Å². The minimum Gasteiger partial charge on any atom is -0.325 e. The summed E-state index contributed by atoms with van der Waals surface area (Å²) < 4.78 is 0. The lowest BCUT2D eigenvalue weighted by Gasteiger charge is -2.32. The summed E-state index contributed by atoms with van der Waals surface area (Å²) in [4.78, 5) is 15.2. The summed E-state index contributed by atoms with van der Waals surface area (Å²) in [6, 6.07) is 11.8. The molecule has 0 unspecified atom stereocenters. The zero-order valence-electron chi connectivity index (χ0n) is 16.8. The average Bonchev–Trinajstić information content (AvgIpc) is 2.66. The molecule has 3 rings (SSSR count). The normalized spacial score (nSPS) is 15.8. The highest BCUT2D eigenvalue weighted by molar-refractivity contribution is 6.35. The Bertz CT molecular complexity index is 822. The van der Waals surface area contributed by atoms with Crippen LogP contribution in [-0.2, 0) is 11.3 Å². The van der Waals surface area contributed by atoms with Gasteiger partial charge in [0.1, 0.15) is 0 Å². The van der Waals surface area contributed by atoms with Gasteiger partial charge in [-0.2, -0.15) is 0 Å². The Morgan fingerprint density at radius 1 is 1.11 bits per heavy atom. The Hall–Kier alpha value is -1.55. The number of benzene rings is 2. The molecule has 1 aliphatic rings. The largest absolute Gasteiger partial charge is 0.325 e. The van der Waals surface area contributed by atoms with E-state index in [1.807, 2.05) is 18.2 Å². The van der Waals surface area contributed by atoms with Crippen LogP contribution in [0.3, 0.4) is 0 Å². The number of piperidine rings is 1. The highest BCUT2D eigenvalue weighted by atomic mass is 35.5. The van der Waals surface area contributed by atoms with Crippen molar-refractivity contribution in [3.63, 3.8) is 0 Å². The number of aryl methyl sites for hydroxylation is 1. The van der Waals surface area contributed by atoms with Crippen LogP contribution in [-0.4, -0.2) is 23.9 Å². The molecule has 5 heteroatoms. The fourth-order valence-corrected chi connectivity index (χ4v) is 4.34. The topological polar surface area (TPSA) is 32.3 Å². The van der Waals surface area contributed by atoms with Crippen molar-refractivity contribution in [2.75, 3.05) is 18.4 Å². The summed E-state index contributed by atoms with van der Waals surface area (Å²) in [5.74, 6) is 0.543. The molecule has 28 heavy (non-hydrogen) atoms. The number of carbonyl (C=O) groups excluding carboxylic acids is 1. The minimum atomic E-state index is 0.0394. The highest BCUT2D eigenvalue weighted by Crippen LogP contribution is 2.30. The van der Waals surface area contributed by atoms with Crippen LogP contribution in [0, 0.1) is 12.8 Å². The summed E-state index contributed by atoms with van der Waals surface area (Å²) in [5.41, 5.74) is 4.26. The zero-order chi connectivity index (χ0) is 20.3. The third-order valence-corrected chi connectivity index (χ3v) is 6.29. The van der Waals surface area contributed by atoms with E-state index in [2.05, 4.69) is 49.2 Å². The number of carbonyl (C=O) groups is 1. The van der Waals surface area contributed by atoms with Crippen molar-refractivity contribution in [2.24, 2.45) is 5.92 Å². The Labute approximate surface area is 178 Å². The van der Waals surface area contributed by atoms with Gasteiger partial charge in [-0.05, 0) is 62.0 Å². The van der Waals surface area contributed by atoms with E-state index in [4.69, 9.17) is 23.2 Å². The van der Waals surface area contributed by atoms with Gasteiger partial charge in [-0.3, -0.25) is 9.69 Å². The summed E-state index contributed by atoms with van der Waals surface area (Å²) in [6.07, 6.45) is 1.69. The van der Waals surface area contributed by atoms with Gasteiger partial charge in [-0.25, -0.2) is 0 Å². The van der Waals surface area contributed by atoms with Crippen LogP contribution < -0.4 is 5.32 Å². The molecule has 0 aliphatic carbocycles. The second-order valence-electron chi connectivity index (χ2n) is 7.93. The number of anilines is 1. The molecule has 0 radical (unpaired) electrons. The summed E-state index contributed by atoms with van der Waals surface area (Å²) in [5, 5.41) is 4.62. The van der Waals surface area contributed by atoms with Crippen molar-refractivity contribution in [1.82, 2.24) is 4.90 Å². The van der Waals surface area contributed by atoms with Crippen LogP contribution in [0.4, 0.5) is 5.69 Å². The second-order valence-corrected chi connectivity index (χ2v) is 8.75. The van der Waals surface area contributed by atoms with Gasteiger partial charge in [0, 0.05) is 33.8 Å². The molecule has 0 saturated carbocycles. The number of rotatable bonds is 5. The van der Waals surface area contributed by atoms with Crippen LogP contribution in [0.25, 0.3) is 0 Å². The quantitative estimate of drug-likeness (QED) is 0.619. The Balaban J connectivity index is 1.60. The second kappa shape index (κ2) is 9.30. The molecule has 3 nitrogen and oxygen atoms in total. The van der Waals surface area contributed by atoms with Gasteiger partial charge in [-0.15, -0.1) is 0 Å². The number of likely N-dealkylation sites (tertiary alicyclic amines) is 1. The van der Waals surface area contributed by atoms with E-state index in [0.717, 1.165) is 49.3 Å². The van der Waals surface area contributed by atoms with Gasteiger partial charge in [0.2, 0.25) is 5.91 Å². The van der Waals surface area contributed by atoms with Crippen molar-refractivity contribution in [3.8, 4) is 0 Å². The molecule has 0 bridgehead atoms. The Kier molecular flexibility index (Phi) is 7.03. The molecule has 2 aromatic carbocycles. The van der Waals surface area contributed by atoms with E-state index >= 15 is 0 Å². The number of nitrogens with zero attached hydrogens (tertiary/aromatic N) is 1. The van der Waals surface area contributed by atoms with Gasteiger partial charge in [0.25, 0.3) is 0 Å². The van der Waals surface area contributed by atoms with Gasteiger partial charge in [0.05, 0.1) is 0 Å². The molecular formula is C23H28Cl2N2O. The number of hydrogen-bond acceptors (Lipinski definition) is 2. The molecule has 1 fully saturated rings. The van der Waals surface area contributed by atoms with Gasteiger partial charge in [0.15, 0.2) is 0 Å². The van der Waals surface area contributed by atoms with E-state index in [1.165, 1.54) is 5.56 Å². The van der Waals surface area contributed by atoms with Crippen molar-refractivity contribution in [3.05, 3.63) is 63.1 Å².